The van der Waals surface area contributed by atoms with E-state index in [0.717, 1.165) is 11.3 Å². The molecule has 0 spiro atoms. The Bertz CT molecular complexity index is 825. The molecule has 2 aromatic heterocycles. The molecular weight excluding hydrogens is 332 g/mol. The normalized spacial score (nSPS) is 10.6. The van der Waals surface area contributed by atoms with E-state index in [2.05, 4.69) is 14.9 Å². The Morgan fingerprint density at radius 3 is 2.58 bits per heavy atom. The number of furan rings is 1. The number of carbonyl (C=O) groups is 1. The van der Waals surface area contributed by atoms with Gasteiger partial charge in [-0.15, -0.1) is 10.2 Å². The topological polar surface area (TPSA) is 87.6 Å². The molecule has 0 amide bonds. The van der Waals surface area contributed by atoms with Gasteiger partial charge in [0.05, 0.1) is 20.0 Å². The maximum absolute atomic E-state index is 11.3. The maximum atomic E-state index is 11.3. The number of rotatable bonds is 6. The third kappa shape index (κ3) is 3.60. The molecule has 3 rings (SSSR count). The summed E-state index contributed by atoms with van der Waals surface area (Å²) in [7, 11) is 2.91. The van der Waals surface area contributed by atoms with Gasteiger partial charge in [0, 0.05) is 5.56 Å². The van der Waals surface area contributed by atoms with Crippen LogP contribution in [0.2, 0.25) is 0 Å². The minimum absolute atomic E-state index is 0.164. The fourth-order valence-corrected chi connectivity index (χ4v) is 2.57. The van der Waals surface area contributed by atoms with E-state index in [4.69, 9.17) is 13.6 Å². The van der Waals surface area contributed by atoms with Crippen molar-refractivity contribution in [1.82, 2.24) is 10.2 Å². The standard InChI is InChI=1S/C16H14N2O5S/c1-20-11-5-3-10(4-6-11)14-17-18-16(23-14)24-9-12-7-8-13(22-12)15(19)21-2/h3-8H,9H2,1-2H3. The van der Waals surface area contributed by atoms with Gasteiger partial charge in [-0.25, -0.2) is 4.79 Å². The van der Waals surface area contributed by atoms with E-state index in [0.29, 0.717) is 22.6 Å². The lowest BCUT2D eigenvalue weighted by Crippen LogP contribution is -1.98. The van der Waals surface area contributed by atoms with Gasteiger partial charge in [0.1, 0.15) is 11.5 Å². The molecule has 1 aromatic carbocycles. The zero-order valence-electron chi connectivity index (χ0n) is 13.0. The van der Waals surface area contributed by atoms with Crippen molar-refractivity contribution >= 4 is 17.7 Å². The summed E-state index contributed by atoms with van der Waals surface area (Å²) < 4.78 is 20.7. The predicted octanol–water partition coefficient (Wildman–Crippen LogP) is 3.42. The molecule has 24 heavy (non-hydrogen) atoms. The van der Waals surface area contributed by atoms with Crippen molar-refractivity contribution in [3.05, 3.63) is 47.9 Å². The summed E-state index contributed by atoms with van der Waals surface area (Å²) in [5.74, 6) is 1.91. The monoisotopic (exact) mass is 346 g/mol. The lowest BCUT2D eigenvalue weighted by molar-refractivity contribution is 0.0563. The van der Waals surface area contributed by atoms with E-state index in [1.165, 1.54) is 18.9 Å². The quantitative estimate of drug-likeness (QED) is 0.495. The molecule has 0 saturated carbocycles. The molecule has 0 unspecified atom stereocenters. The van der Waals surface area contributed by atoms with Crippen LogP contribution in [0.25, 0.3) is 11.5 Å². The molecule has 0 fully saturated rings. The Kier molecular flexibility index (Phi) is 4.85. The van der Waals surface area contributed by atoms with Gasteiger partial charge in [0.2, 0.25) is 11.7 Å². The molecule has 0 radical (unpaired) electrons. The summed E-state index contributed by atoms with van der Waals surface area (Å²) in [5.41, 5.74) is 0.807. The second-order valence-corrected chi connectivity index (χ2v) is 5.57. The molecule has 0 bridgehead atoms. The number of ether oxygens (including phenoxy) is 2. The number of thioether (sulfide) groups is 1. The first-order chi connectivity index (χ1) is 11.7. The molecular formula is C16H14N2O5S. The van der Waals surface area contributed by atoms with Crippen molar-refractivity contribution in [3.8, 4) is 17.2 Å². The fourth-order valence-electron chi connectivity index (χ4n) is 1.92. The predicted molar refractivity (Wildman–Crippen MR) is 85.9 cm³/mol. The number of nitrogens with zero attached hydrogens (tertiary/aromatic N) is 2. The van der Waals surface area contributed by atoms with Gasteiger partial charge in [-0.05, 0) is 36.4 Å². The number of aromatic nitrogens is 2. The summed E-state index contributed by atoms with van der Waals surface area (Å²) in [4.78, 5) is 11.3. The maximum Gasteiger partial charge on any atom is 0.373 e. The summed E-state index contributed by atoms with van der Waals surface area (Å²) in [6.45, 7) is 0. The van der Waals surface area contributed by atoms with Crippen LogP contribution in [0, 0.1) is 0 Å². The molecule has 7 nitrogen and oxygen atoms in total. The molecule has 0 aliphatic rings. The van der Waals surface area contributed by atoms with Crippen molar-refractivity contribution in [1.29, 1.82) is 0 Å². The summed E-state index contributed by atoms with van der Waals surface area (Å²) >= 11 is 1.32. The van der Waals surface area contributed by atoms with Crippen LogP contribution in [0.1, 0.15) is 16.3 Å². The SMILES string of the molecule is COC(=O)c1ccc(CSc2nnc(-c3ccc(OC)cc3)o2)o1. The highest BCUT2D eigenvalue weighted by Gasteiger charge is 2.13. The van der Waals surface area contributed by atoms with Crippen LogP contribution < -0.4 is 4.74 Å². The summed E-state index contributed by atoms with van der Waals surface area (Å²) in [6, 6.07) is 10.6. The molecule has 0 aliphatic heterocycles. The highest BCUT2D eigenvalue weighted by molar-refractivity contribution is 7.98. The van der Waals surface area contributed by atoms with E-state index in [1.54, 1.807) is 19.2 Å². The number of hydrogen-bond donors (Lipinski definition) is 0. The minimum atomic E-state index is -0.508. The molecule has 0 saturated heterocycles. The molecule has 3 aromatic rings. The number of methoxy groups -OCH3 is 2. The van der Waals surface area contributed by atoms with Crippen LogP contribution in [0.5, 0.6) is 5.75 Å². The highest BCUT2D eigenvalue weighted by Crippen LogP contribution is 2.27. The van der Waals surface area contributed by atoms with Crippen molar-refractivity contribution in [2.45, 2.75) is 11.0 Å². The molecule has 0 atom stereocenters. The third-order valence-corrected chi connectivity index (χ3v) is 3.97. The van der Waals surface area contributed by atoms with Crippen molar-refractivity contribution in [2.75, 3.05) is 14.2 Å². The van der Waals surface area contributed by atoms with Crippen molar-refractivity contribution < 1.29 is 23.1 Å². The zero-order chi connectivity index (χ0) is 16.9. The zero-order valence-corrected chi connectivity index (χ0v) is 13.8. The molecule has 2 heterocycles. The number of esters is 1. The Labute approximate surface area is 142 Å². The average molecular weight is 346 g/mol. The van der Waals surface area contributed by atoms with E-state index in [1.807, 2.05) is 24.3 Å². The number of hydrogen-bond acceptors (Lipinski definition) is 8. The van der Waals surface area contributed by atoms with Gasteiger partial charge in [0.25, 0.3) is 5.22 Å². The van der Waals surface area contributed by atoms with Gasteiger partial charge >= 0.3 is 5.97 Å². The van der Waals surface area contributed by atoms with E-state index < -0.39 is 5.97 Å². The molecule has 0 N–H and O–H groups in total. The van der Waals surface area contributed by atoms with E-state index in [-0.39, 0.29) is 5.76 Å². The largest absolute Gasteiger partial charge is 0.497 e. The first-order valence-electron chi connectivity index (χ1n) is 6.97. The van der Waals surface area contributed by atoms with Crippen LogP contribution in [-0.4, -0.2) is 30.4 Å². The highest BCUT2D eigenvalue weighted by atomic mass is 32.2. The van der Waals surface area contributed by atoms with Crippen LogP contribution in [-0.2, 0) is 10.5 Å². The molecule has 124 valence electrons. The number of benzene rings is 1. The third-order valence-electron chi connectivity index (χ3n) is 3.13. The Morgan fingerprint density at radius 1 is 1.08 bits per heavy atom. The average Bonchev–Trinajstić information content (AvgIpc) is 3.29. The lowest BCUT2D eigenvalue weighted by atomic mass is 10.2. The van der Waals surface area contributed by atoms with Gasteiger partial charge < -0.3 is 18.3 Å². The van der Waals surface area contributed by atoms with Gasteiger partial charge in [-0.2, -0.15) is 0 Å². The molecule has 8 heteroatoms. The van der Waals surface area contributed by atoms with Crippen LogP contribution in [0.15, 0.2) is 50.5 Å². The summed E-state index contributed by atoms with van der Waals surface area (Å²) in [5, 5.41) is 8.42. The minimum Gasteiger partial charge on any atom is -0.497 e. The fraction of sp³-hybridized carbons (Fsp3) is 0.188. The van der Waals surface area contributed by atoms with Crippen molar-refractivity contribution in [3.63, 3.8) is 0 Å². The van der Waals surface area contributed by atoms with Crippen molar-refractivity contribution in [2.24, 2.45) is 0 Å². The second kappa shape index (κ2) is 7.22. The van der Waals surface area contributed by atoms with Crippen LogP contribution >= 0.6 is 11.8 Å². The Hall–Kier alpha value is -2.74. The first-order valence-corrected chi connectivity index (χ1v) is 7.96. The lowest BCUT2D eigenvalue weighted by Gasteiger charge is -1.99. The first kappa shape index (κ1) is 16.1. The van der Waals surface area contributed by atoms with Gasteiger partial charge in [-0.3, -0.25) is 0 Å². The van der Waals surface area contributed by atoms with Gasteiger partial charge in [0.15, 0.2) is 0 Å². The van der Waals surface area contributed by atoms with E-state index >= 15 is 0 Å². The summed E-state index contributed by atoms with van der Waals surface area (Å²) in [6.07, 6.45) is 0. The Balaban J connectivity index is 1.63. The van der Waals surface area contributed by atoms with Crippen LogP contribution in [0.4, 0.5) is 0 Å². The molecule has 0 aliphatic carbocycles. The van der Waals surface area contributed by atoms with E-state index in [9.17, 15) is 4.79 Å². The Morgan fingerprint density at radius 2 is 1.88 bits per heavy atom. The second-order valence-electron chi connectivity index (χ2n) is 4.65. The smallest absolute Gasteiger partial charge is 0.373 e. The van der Waals surface area contributed by atoms with Crippen LogP contribution in [0.3, 0.4) is 0 Å². The number of carbonyl (C=O) groups excluding carboxylic acids is 1. The van der Waals surface area contributed by atoms with Gasteiger partial charge in [-0.1, -0.05) is 11.8 Å².